The predicted molar refractivity (Wildman–Crippen MR) is 150 cm³/mol. The van der Waals surface area contributed by atoms with E-state index >= 15 is 0 Å². The van der Waals surface area contributed by atoms with E-state index < -0.39 is 0 Å². The maximum absolute atomic E-state index is 12.5. The number of morpholine rings is 1. The highest BCUT2D eigenvalue weighted by molar-refractivity contribution is 6.30. The molecule has 1 aliphatic heterocycles. The third-order valence-electron chi connectivity index (χ3n) is 6.85. The lowest BCUT2D eigenvalue weighted by Gasteiger charge is -2.26. The van der Waals surface area contributed by atoms with E-state index in [1.54, 1.807) is 0 Å². The zero-order valence-electron chi connectivity index (χ0n) is 21.1. The standard InChI is InChI=1S/C31H32ClN3O2/c1-23-4-2-3-5-28(23)35-29(14-15-30(35)26-10-12-27(32)13-11-26)25-8-6-24(7-9-25)22-31(36)33-16-17-34-18-20-37-21-19-34/h2-15H,16-22H2,1H3,(H,33,36). The largest absolute Gasteiger partial charge is 0.379 e. The Morgan fingerprint density at radius 1 is 0.865 bits per heavy atom. The lowest BCUT2D eigenvalue weighted by Crippen LogP contribution is -2.41. The predicted octanol–water partition coefficient (Wildman–Crippen LogP) is 5.76. The van der Waals surface area contributed by atoms with Gasteiger partial charge in [0.15, 0.2) is 0 Å². The number of para-hydroxylation sites is 1. The van der Waals surface area contributed by atoms with Crippen molar-refractivity contribution in [2.24, 2.45) is 0 Å². The van der Waals surface area contributed by atoms with Crippen molar-refractivity contribution in [1.82, 2.24) is 14.8 Å². The molecule has 4 aromatic rings. The van der Waals surface area contributed by atoms with Crippen LogP contribution >= 0.6 is 11.6 Å². The Kier molecular flexibility index (Phi) is 8.05. The van der Waals surface area contributed by atoms with Crippen molar-refractivity contribution in [3.8, 4) is 28.2 Å². The zero-order chi connectivity index (χ0) is 25.6. The van der Waals surface area contributed by atoms with E-state index in [0.717, 1.165) is 71.6 Å². The minimum atomic E-state index is 0.0503. The molecule has 2 heterocycles. The molecular weight excluding hydrogens is 482 g/mol. The van der Waals surface area contributed by atoms with Gasteiger partial charge in [0.1, 0.15) is 0 Å². The number of amides is 1. The van der Waals surface area contributed by atoms with Gasteiger partial charge in [-0.05, 0) is 59.5 Å². The molecule has 5 rings (SSSR count). The van der Waals surface area contributed by atoms with Gasteiger partial charge in [0, 0.05) is 36.9 Å². The first kappa shape index (κ1) is 25.3. The molecule has 1 saturated heterocycles. The van der Waals surface area contributed by atoms with E-state index in [1.165, 1.54) is 5.56 Å². The molecule has 0 saturated carbocycles. The van der Waals surface area contributed by atoms with Gasteiger partial charge < -0.3 is 14.6 Å². The number of rotatable bonds is 8. The number of nitrogens with one attached hydrogen (secondary N) is 1. The fourth-order valence-corrected chi connectivity index (χ4v) is 4.93. The van der Waals surface area contributed by atoms with Crippen molar-refractivity contribution >= 4 is 17.5 Å². The number of aromatic nitrogens is 1. The van der Waals surface area contributed by atoms with Crippen LogP contribution in [0.3, 0.4) is 0 Å². The first-order chi connectivity index (χ1) is 18.1. The van der Waals surface area contributed by atoms with E-state index in [4.69, 9.17) is 16.3 Å². The molecule has 1 fully saturated rings. The number of carbonyl (C=O) groups excluding carboxylic acids is 1. The van der Waals surface area contributed by atoms with Crippen LogP contribution in [-0.4, -0.2) is 54.8 Å². The van der Waals surface area contributed by atoms with Crippen molar-refractivity contribution in [3.05, 3.63) is 101 Å². The number of aryl methyl sites for hydroxylation is 1. The molecule has 1 N–H and O–H groups in total. The summed E-state index contributed by atoms with van der Waals surface area (Å²) in [5, 5.41) is 3.77. The third-order valence-corrected chi connectivity index (χ3v) is 7.10. The monoisotopic (exact) mass is 513 g/mol. The number of hydrogen-bond donors (Lipinski definition) is 1. The number of nitrogens with zero attached hydrogens (tertiary/aromatic N) is 2. The van der Waals surface area contributed by atoms with Crippen LogP contribution < -0.4 is 5.32 Å². The van der Waals surface area contributed by atoms with Crippen LogP contribution in [0.25, 0.3) is 28.2 Å². The summed E-state index contributed by atoms with van der Waals surface area (Å²) in [5.74, 6) is 0.0503. The van der Waals surface area contributed by atoms with E-state index in [2.05, 4.69) is 82.4 Å². The Morgan fingerprint density at radius 3 is 2.14 bits per heavy atom. The van der Waals surface area contributed by atoms with Crippen molar-refractivity contribution in [1.29, 1.82) is 0 Å². The molecule has 37 heavy (non-hydrogen) atoms. The van der Waals surface area contributed by atoms with Crippen LogP contribution in [0.5, 0.6) is 0 Å². The second-order valence-corrected chi connectivity index (χ2v) is 9.85. The normalized spacial score (nSPS) is 14.0. The van der Waals surface area contributed by atoms with Gasteiger partial charge in [-0.1, -0.05) is 66.2 Å². The van der Waals surface area contributed by atoms with Crippen LogP contribution in [0.2, 0.25) is 5.02 Å². The van der Waals surface area contributed by atoms with Gasteiger partial charge in [0.05, 0.1) is 31.0 Å². The number of carbonyl (C=O) groups is 1. The summed E-state index contributed by atoms with van der Waals surface area (Å²) in [4.78, 5) is 14.8. The third kappa shape index (κ3) is 6.13. The van der Waals surface area contributed by atoms with Crippen molar-refractivity contribution in [2.75, 3.05) is 39.4 Å². The Balaban J connectivity index is 1.34. The molecule has 1 aromatic heterocycles. The lowest BCUT2D eigenvalue weighted by atomic mass is 10.1. The van der Waals surface area contributed by atoms with Crippen LogP contribution in [0.1, 0.15) is 11.1 Å². The first-order valence-corrected chi connectivity index (χ1v) is 13.2. The van der Waals surface area contributed by atoms with Gasteiger partial charge >= 0.3 is 0 Å². The molecule has 6 heteroatoms. The quantitative estimate of drug-likeness (QED) is 0.325. The SMILES string of the molecule is Cc1ccccc1-n1c(-c2ccc(Cl)cc2)ccc1-c1ccc(CC(=O)NCCN2CCOCC2)cc1. The summed E-state index contributed by atoms with van der Waals surface area (Å²) in [6.07, 6.45) is 0.373. The fraction of sp³-hybridized carbons (Fsp3) is 0.258. The highest BCUT2D eigenvalue weighted by atomic mass is 35.5. The summed E-state index contributed by atoms with van der Waals surface area (Å²) in [7, 11) is 0. The molecule has 0 atom stereocenters. The Bertz CT molecular complexity index is 1340. The summed E-state index contributed by atoms with van der Waals surface area (Å²) >= 11 is 6.15. The lowest BCUT2D eigenvalue weighted by molar-refractivity contribution is -0.120. The van der Waals surface area contributed by atoms with Crippen LogP contribution in [0.4, 0.5) is 0 Å². The van der Waals surface area contributed by atoms with E-state index in [0.29, 0.717) is 13.0 Å². The Morgan fingerprint density at radius 2 is 1.49 bits per heavy atom. The smallest absolute Gasteiger partial charge is 0.224 e. The van der Waals surface area contributed by atoms with Crippen molar-refractivity contribution in [2.45, 2.75) is 13.3 Å². The Labute approximate surface area is 223 Å². The molecule has 1 aliphatic rings. The molecular formula is C31H32ClN3O2. The molecule has 1 amide bonds. The zero-order valence-corrected chi connectivity index (χ0v) is 21.9. The van der Waals surface area contributed by atoms with Crippen LogP contribution in [-0.2, 0) is 16.0 Å². The number of benzene rings is 3. The van der Waals surface area contributed by atoms with Gasteiger partial charge in [-0.25, -0.2) is 0 Å². The number of hydrogen-bond acceptors (Lipinski definition) is 3. The molecule has 0 unspecified atom stereocenters. The summed E-state index contributed by atoms with van der Waals surface area (Å²) in [6.45, 7) is 7.06. The highest BCUT2D eigenvalue weighted by Crippen LogP contribution is 2.34. The van der Waals surface area contributed by atoms with Crippen molar-refractivity contribution < 1.29 is 9.53 Å². The molecule has 3 aromatic carbocycles. The van der Waals surface area contributed by atoms with E-state index in [1.807, 2.05) is 24.3 Å². The van der Waals surface area contributed by atoms with E-state index in [-0.39, 0.29) is 5.91 Å². The maximum atomic E-state index is 12.5. The van der Waals surface area contributed by atoms with Gasteiger partial charge in [0.2, 0.25) is 5.91 Å². The van der Waals surface area contributed by atoms with Crippen LogP contribution in [0.15, 0.2) is 84.9 Å². The average Bonchev–Trinajstić information content (AvgIpc) is 3.35. The minimum Gasteiger partial charge on any atom is -0.379 e. The number of halogens is 1. The van der Waals surface area contributed by atoms with E-state index in [9.17, 15) is 4.79 Å². The van der Waals surface area contributed by atoms with Gasteiger partial charge in [-0.15, -0.1) is 0 Å². The molecule has 5 nitrogen and oxygen atoms in total. The maximum Gasteiger partial charge on any atom is 0.224 e. The second-order valence-electron chi connectivity index (χ2n) is 9.41. The fourth-order valence-electron chi connectivity index (χ4n) is 4.80. The average molecular weight is 514 g/mol. The first-order valence-electron chi connectivity index (χ1n) is 12.8. The molecule has 0 bridgehead atoms. The second kappa shape index (κ2) is 11.8. The summed E-state index contributed by atoms with van der Waals surface area (Å²) < 4.78 is 7.68. The summed E-state index contributed by atoms with van der Waals surface area (Å²) in [6, 6.07) is 29.0. The van der Waals surface area contributed by atoms with Gasteiger partial charge in [0.25, 0.3) is 0 Å². The van der Waals surface area contributed by atoms with Crippen LogP contribution in [0, 0.1) is 6.92 Å². The topological polar surface area (TPSA) is 46.5 Å². The molecule has 190 valence electrons. The molecule has 0 radical (unpaired) electrons. The number of ether oxygens (including phenoxy) is 1. The highest BCUT2D eigenvalue weighted by Gasteiger charge is 2.16. The van der Waals surface area contributed by atoms with Crippen molar-refractivity contribution in [3.63, 3.8) is 0 Å². The molecule has 0 aliphatic carbocycles. The van der Waals surface area contributed by atoms with Gasteiger partial charge in [-0.2, -0.15) is 0 Å². The summed E-state index contributed by atoms with van der Waals surface area (Å²) in [5.41, 5.74) is 7.73. The molecule has 0 spiro atoms. The minimum absolute atomic E-state index is 0.0503. The van der Waals surface area contributed by atoms with Gasteiger partial charge in [-0.3, -0.25) is 9.69 Å². The Hall–Kier alpha value is -3.38.